The van der Waals surface area contributed by atoms with E-state index in [1.165, 1.54) is 12.1 Å². The maximum Gasteiger partial charge on any atom is 0.165 e. The van der Waals surface area contributed by atoms with Crippen LogP contribution in [-0.4, -0.2) is 47.5 Å². The van der Waals surface area contributed by atoms with Gasteiger partial charge < -0.3 is 20.0 Å². The highest BCUT2D eigenvalue weighted by Crippen LogP contribution is 2.50. The number of benzene rings is 2. The van der Waals surface area contributed by atoms with Gasteiger partial charge in [0.25, 0.3) is 0 Å². The van der Waals surface area contributed by atoms with Crippen LogP contribution in [0.3, 0.4) is 0 Å². The van der Waals surface area contributed by atoms with Crippen LogP contribution in [0.2, 0.25) is 0 Å². The van der Waals surface area contributed by atoms with Gasteiger partial charge in [0, 0.05) is 34.4 Å². The third-order valence-electron chi connectivity index (χ3n) is 5.19. The highest BCUT2D eigenvalue weighted by Gasteiger charge is 2.52. The maximum absolute atomic E-state index is 14.5. The molecule has 2 aromatic carbocycles. The first kappa shape index (κ1) is 19.3. The van der Waals surface area contributed by atoms with Crippen LogP contribution in [-0.2, 0) is 5.60 Å². The fourth-order valence-electron chi connectivity index (χ4n) is 3.69. The molecule has 4 nitrogen and oxygen atoms in total. The minimum absolute atomic E-state index is 0.0750. The van der Waals surface area contributed by atoms with Crippen molar-refractivity contribution in [3.05, 3.63) is 63.9 Å². The molecule has 0 aliphatic carbocycles. The van der Waals surface area contributed by atoms with Crippen LogP contribution >= 0.6 is 15.9 Å². The Balaban J connectivity index is 2.07. The summed E-state index contributed by atoms with van der Waals surface area (Å²) in [4.78, 5) is 4.00. The molecular formula is C20H24BrFN2O2. The molecule has 0 aromatic heterocycles. The molecule has 2 unspecified atom stereocenters. The number of halogens is 2. The summed E-state index contributed by atoms with van der Waals surface area (Å²) in [5.74, 6) is -0.540. The minimum atomic E-state index is -1.84. The van der Waals surface area contributed by atoms with Crippen molar-refractivity contribution < 1.29 is 14.6 Å². The SMILES string of the molecule is CCN(CC)CCN1c2cccc(Br)c2C(O)(c2ccccc2F)C1O. The second-order valence-electron chi connectivity index (χ2n) is 6.47. The summed E-state index contributed by atoms with van der Waals surface area (Å²) in [6.07, 6.45) is -1.27. The lowest BCUT2D eigenvalue weighted by molar-refractivity contribution is -0.0413. The maximum atomic E-state index is 14.5. The Hall–Kier alpha value is -1.47. The van der Waals surface area contributed by atoms with Gasteiger partial charge in [-0.25, -0.2) is 4.39 Å². The molecular weight excluding hydrogens is 399 g/mol. The zero-order valence-corrected chi connectivity index (χ0v) is 16.6. The summed E-state index contributed by atoms with van der Waals surface area (Å²) in [6.45, 7) is 7.26. The van der Waals surface area contributed by atoms with Crippen LogP contribution in [0.15, 0.2) is 46.9 Å². The lowest BCUT2D eigenvalue weighted by atomic mass is 9.86. The molecule has 2 N–H and O–H groups in total. The zero-order valence-electron chi connectivity index (χ0n) is 15.0. The number of aliphatic hydroxyl groups is 2. The third kappa shape index (κ3) is 3.05. The molecule has 1 aliphatic heterocycles. The second-order valence-corrected chi connectivity index (χ2v) is 7.33. The molecule has 3 rings (SSSR count). The van der Waals surface area contributed by atoms with E-state index in [1.54, 1.807) is 23.1 Å². The van der Waals surface area contributed by atoms with Gasteiger partial charge in [-0.15, -0.1) is 0 Å². The van der Waals surface area contributed by atoms with E-state index in [0.717, 1.165) is 19.6 Å². The fraction of sp³-hybridized carbons (Fsp3) is 0.400. The highest BCUT2D eigenvalue weighted by atomic mass is 79.9. The summed E-state index contributed by atoms with van der Waals surface area (Å²) in [5.41, 5.74) is -0.558. The van der Waals surface area contributed by atoms with Crippen molar-refractivity contribution in [2.24, 2.45) is 0 Å². The molecule has 0 fully saturated rings. The van der Waals surface area contributed by atoms with Crippen molar-refractivity contribution in [1.29, 1.82) is 0 Å². The molecule has 1 heterocycles. The molecule has 2 aromatic rings. The van der Waals surface area contributed by atoms with E-state index in [4.69, 9.17) is 0 Å². The Morgan fingerprint density at radius 1 is 1.15 bits per heavy atom. The molecule has 2 atom stereocenters. The molecule has 0 radical (unpaired) electrons. The van der Waals surface area contributed by atoms with Crippen molar-refractivity contribution in [3.63, 3.8) is 0 Å². The average Bonchev–Trinajstić information content (AvgIpc) is 2.86. The first-order chi connectivity index (χ1) is 12.4. The Morgan fingerprint density at radius 3 is 2.50 bits per heavy atom. The Kier molecular flexibility index (Phi) is 5.67. The van der Waals surface area contributed by atoms with E-state index in [9.17, 15) is 14.6 Å². The fourth-order valence-corrected chi connectivity index (χ4v) is 4.35. The third-order valence-corrected chi connectivity index (χ3v) is 5.85. The van der Waals surface area contributed by atoms with Crippen molar-refractivity contribution in [1.82, 2.24) is 4.90 Å². The van der Waals surface area contributed by atoms with Gasteiger partial charge in [-0.3, -0.25) is 0 Å². The molecule has 26 heavy (non-hydrogen) atoms. The molecule has 0 spiro atoms. The van der Waals surface area contributed by atoms with E-state index in [-0.39, 0.29) is 5.56 Å². The van der Waals surface area contributed by atoms with Gasteiger partial charge in [0.05, 0.1) is 0 Å². The van der Waals surface area contributed by atoms with Gasteiger partial charge in [-0.1, -0.05) is 54.0 Å². The number of hydrogen-bond donors (Lipinski definition) is 2. The first-order valence-electron chi connectivity index (χ1n) is 8.88. The highest BCUT2D eigenvalue weighted by molar-refractivity contribution is 9.10. The van der Waals surface area contributed by atoms with Crippen molar-refractivity contribution in [2.45, 2.75) is 25.7 Å². The van der Waals surface area contributed by atoms with Gasteiger partial charge in [0.15, 0.2) is 11.8 Å². The predicted molar refractivity (Wildman–Crippen MR) is 105 cm³/mol. The van der Waals surface area contributed by atoms with E-state index >= 15 is 0 Å². The monoisotopic (exact) mass is 422 g/mol. The number of likely N-dealkylation sites (N-methyl/N-ethyl adjacent to an activating group) is 1. The smallest absolute Gasteiger partial charge is 0.165 e. The molecule has 0 amide bonds. The second kappa shape index (κ2) is 7.64. The lowest BCUT2D eigenvalue weighted by Crippen LogP contribution is -2.48. The Bertz CT molecular complexity index is 784. The summed E-state index contributed by atoms with van der Waals surface area (Å²) >= 11 is 3.48. The Morgan fingerprint density at radius 2 is 1.85 bits per heavy atom. The van der Waals surface area contributed by atoms with Gasteiger partial charge in [0.2, 0.25) is 0 Å². The summed E-state index contributed by atoms with van der Waals surface area (Å²) in [7, 11) is 0. The normalized spacial score (nSPS) is 22.1. The van der Waals surface area contributed by atoms with Crippen LogP contribution in [0.5, 0.6) is 0 Å². The average molecular weight is 423 g/mol. The minimum Gasteiger partial charge on any atom is -0.375 e. The molecule has 140 valence electrons. The van der Waals surface area contributed by atoms with Gasteiger partial charge in [0.1, 0.15) is 5.82 Å². The standard InChI is InChI=1S/C20H24BrFN2O2/c1-3-23(4-2)12-13-24-17-11-7-9-15(21)18(17)20(26,19(24)25)14-8-5-6-10-16(14)22/h5-11,19,25-26H,3-4,12-13H2,1-2H3. The number of anilines is 1. The molecule has 0 bridgehead atoms. The molecule has 6 heteroatoms. The molecule has 1 aliphatic rings. The number of rotatable bonds is 6. The predicted octanol–water partition coefficient (Wildman–Crippen LogP) is 3.30. The van der Waals surface area contributed by atoms with Crippen LogP contribution < -0.4 is 4.90 Å². The number of fused-ring (bicyclic) bond motifs is 1. The zero-order chi connectivity index (χ0) is 18.9. The van der Waals surface area contributed by atoms with Gasteiger partial charge >= 0.3 is 0 Å². The molecule has 0 saturated carbocycles. The van der Waals surface area contributed by atoms with E-state index in [2.05, 4.69) is 34.7 Å². The topological polar surface area (TPSA) is 46.9 Å². The number of nitrogens with zero attached hydrogens (tertiary/aromatic N) is 2. The van der Waals surface area contributed by atoms with Crippen LogP contribution in [0.4, 0.5) is 10.1 Å². The number of hydrogen-bond acceptors (Lipinski definition) is 4. The van der Waals surface area contributed by atoms with E-state index < -0.39 is 17.6 Å². The van der Waals surface area contributed by atoms with E-state index in [0.29, 0.717) is 22.3 Å². The molecule has 0 saturated heterocycles. The van der Waals surface area contributed by atoms with Crippen molar-refractivity contribution in [2.75, 3.05) is 31.1 Å². The van der Waals surface area contributed by atoms with E-state index in [1.807, 2.05) is 12.1 Å². The quantitative estimate of drug-likeness (QED) is 0.749. The summed E-state index contributed by atoms with van der Waals surface area (Å²) in [6, 6.07) is 11.6. The van der Waals surface area contributed by atoms with Crippen LogP contribution in [0, 0.1) is 5.82 Å². The summed E-state index contributed by atoms with van der Waals surface area (Å²) < 4.78 is 15.2. The summed E-state index contributed by atoms with van der Waals surface area (Å²) in [5, 5.41) is 22.6. The van der Waals surface area contributed by atoms with Crippen molar-refractivity contribution >= 4 is 21.6 Å². The van der Waals surface area contributed by atoms with Crippen molar-refractivity contribution in [3.8, 4) is 0 Å². The lowest BCUT2D eigenvalue weighted by Gasteiger charge is -2.33. The van der Waals surface area contributed by atoms with Gasteiger partial charge in [-0.05, 0) is 31.3 Å². The van der Waals surface area contributed by atoms with Crippen LogP contribution in [0.25, 0.3) is 0 Å². The first-order valence-corrected chi connectivity index (χ1v) is 9.67. The van der Waals surface area contributed by atoms with Gasteiger partial charge in [-0.2, -0.15) is 0 Å². The largest absolute Gasteiger partial charge is 0.375 e. The Labute approximate surface area is 162 Å². The number of aliphatic hydroxyl groups excluding tert-OH is 1. The van der Waals surface area contributed by atoms with Crippen LogP contribution in [0.1, 0.15) is 25.0 Å².